The molecule has 0 aromatic heterocycles. The summed E-state index contributed by atoms with van der Waals surface area (Å²) in [6.45, 7) is 1.21. The fourth-order valence-corrected chi connectivity index (χ4v) is 2.66. The number of hydrogen-bond donors (Lipinski definition) is 1. The molecule has 1 fully saturated rings. The van der Waals surface area contributed by atoms with Gasteiger partial charge in [-0.05, 0) is 25.8 Å². The lowest BCUT2D eigenvalue weighted by Crippen LogP contribution is -2.38. The third-order valence-electron chi connectivity index (χ3n) is 3.95. The number of hydrogen-bond acceptors (Lipinski definition) is 5. The lowest BCUT2D eigenvalue weighted by molar-refractivity contribution is -0.385. The number of ether oxygens (including phenoxy) is 1. The molecule has 124 valence electrons. The van der Waals surface area contributed by atoms with Gasteiger partial charge in [-0.15, -0.1) is 0 Å². The molecule has 7 heteroatoms. The van der Waals surface area contributed by atoms with E-state index in [4.69, 9.17) is 4.74 Å². The molecule has 23 heavy (non-hydrogen) atoms. The SMILES string of the molecule is Cc1ccc(C(=O)OCC(=O)NC2CCCCC2)cc1[N+](=O)[O-]. The van der Waals surface area contributed by atoms with E-state index in [0.29, 0.717) is 5.56 Å². The van der Waals surface area contributed by atoms with Crippen LogP contribution in [0.5, 0.6) is 0 Å². The summed E-state index contributed by atoms with van der Waals surface area (Å²) in [7, 11) is 0. The molecule has 0 spiro atoms. The molecular weight excluding hydrogens is 300 g/mol. The first-order chi connectivity index (χ1) is 11.0. The molecule has 7 nitrogen and oxygen atoms in total. The summed E-state index contributed by atoms with van der Waals surface area (Å²) < 4.78 is 4.93. The first-order valence-corrected chi connectivity index (χ1v) is 7.69. The number of nitro groups is 1. The molecule has 1 aliphatic rings. The zero-order chi connectivity index (χ0) is 16.8. The molecule has 1 saturated carbocycles. The van der Waals surface area contributed by atoms with Gasteiger partial charge in [-0.25, -0.2) is 4.79 Å². The van der Waals surface area contributed by atoms with Crippen LogP contribution in [0.15, 0.2) is 18.2 Å². The van der Waals surface area contributed by atoms with Crippen molar-refractivity contribution in [3.8, 4) is 0 Å². The highest BCUT2D eigenvalue weighted by Gasteiger charge is 2.19. The van der Waals surface area contributed by atoms with Crippen molar-refractivity contribution in [1.82, 2.24) is 5.32 Å². The Balaban J connectivity index is 1.88. The number of carbonyl (C=O) groups excluding carboxylic acids is 2. The number of rotatable bonds is 5. The molecule has 2 rings (SSSR count). The van der Waals surface area contributed by atoms with Crippen molar-refractivity contribution >= 4 is 17.6 Å². The monoisotopic (exact) mass is 320 g/mol. The minimum absolute atomic E-state index is 0.0627. The molecule has 0 atom stereocenters. The van der Waals surface area contributed by atoms with Gasteiger partial charge in [0.05, 0.1) is 10.5 Å². The Kier molecular flexibility index (Phi) is 5.67. The van der Waals surface area contributed by atoms with Crippen molar-refractivity contribution in [1.29, 1.82) is 0 Å². The third-order valence-corrected chi connectivity index (χ3v) is 3.95. The maximum atomic E-state index is 11.9. The fourth-order valence-electron chi connectivity index (χ4n) is 2.66. The molecule has 1 amide bonds. The van der Waals surface area contributed by atoms with Crippen LogP contribution in [0.2, 0.25) is 0 Å². The number of amides is 1. The first kappa shape index (κ1) is 16.9. The van der Waals surface area contributed by atoms with Gasteiger partial charge in [0.2, 0.25) is 0 Å². The smallest absolute Gasteiger partial charge is 0.338 e. The van der Waals surface area contributed by atoms with Crippen molar-refractivity contribution in [3.05, 3.63) is 39.4 Å². The summed E-state index contributed by atoms with van der Waals surface area (Å²) >= 11 is 0. The molecule has 0 bridgehead atoms. The van der Waals surface area contributed by atoms with Gasteiger partial charge in [-0.3, -0.25) is 14.9 Å². The van der Waals surface area contributed by atoms with E-state index < -0.39 is 10.9 Å². The highest BCUT2D eigenvalue weighted by atomic mass is 16.6. The van der Waals surface area contributed by atoms with Gasteiger partial charge in [-0.2, -0.15) is 0 Å². The van der Waals surface area contributed by atoms with Crippen molar-refractivity contribution in [3.63, 3.8) is 0 Å². The molecule has 1 aliphatic carbocycles. The van der Waals surface area contributed by atoms with Gasteiger partial charge < -0.3 is 10.1 Å². The lowest BCUT2D eigenvalue weighted by Gasteiger charge is -2.22. The van der Waals surface area contributed by atoms with Crippen molar-refractivity contribution < 1.29 is 19.2 Å². The van der Waals surface area contributed by atoms with Crippen molar-refractivity contribution in [2.45, 2.75) is 45.1 Å². The average molecular weight is 320 g/mol. The quantitative estimate of drug-likeness (QED) is 0.510. The normalized spacial score (nSPS) is 15.0. The van der Waals surface area contributed by atoms with Crippen LogP contribution >= 0.6 is 0 Å². The molecule has 1 N–H and O–H groups in total. The van der Waals surface area contributed by atoms with Crippen LogP contribution in [0.25, 0.3) is 0 Å². The van der Waals surface area contributed by atoms with E-state index in [2.05, 4.69) is 5.32 Å². The molecule has 0 saturated heterocycles. The predicted molar refractivity (Wildman–Crippen MR) is 83.1 cm³/mol. The van der Waals surface area contributed by atoms with E-state index >= 15 is 0 Å². The van der Waals surface area contributed by atoms with Crippen LogP contribution in [-0.4, -0.2) is 29.4 Å². The van der Waals surface area contributed by atoms with Crippen molar-refractivity contribution in [2.75, 3.05) is 6.61 Å². The van der Waals surface area contributed by atoms with Gasteiger partial charge >= 0.3 is 5.97 Å². The zero-order valence-electron chi connectivity index (χ0n) is 13.0. The Bertz CT molecular complexity index is 608. The third kappa shape index (κ3) is 4.77. The molecule has 0 radical (unpaired) electrons. The molecule has 0 aliphatic heterocycles. The van der Waals surface area contributed by atoms with E-state index in [1.54, 1.807) is 6.92 Å². The van der Waals surface area contributed by atoms with E-state index in [1.807, 2.05) is 0 Å². The molecule has 1 aromatic carbocycles. The van der Waals surface area contributed by atoms with Gasteiger partial charge in [0.15, 0.2) is 6.61 Å². The second kappa shape index (κ2) is 7.71. The first-order valence-electron chi connectivity index (χ1n) is 7.69. The average Bonchev–Trinajstić information content (AvgIpc) is 2.53. The second-order valence-electron chi connectivity index (χ2n) is 5.74. The maximum absolute atomic E-state index is 11.9. The minimum atomic E-state index is -0.744. The van der Waals surface area contributed by atoms with Gasteiger partial charge in [0.1, 0.15) is 0 Å². The minimum Gasteiger partial charge on any atom is -0.452 e. The number of benzene rings is 1. The van der Waals surface area contributed by atoms with Crippen LogP contribution in [-0.2, 0) is 9.53 Å². The number of aryl methyl sites for hydroxylation is 1. The highest BCUT2D eigenvalue weighted by Crippen LogP contribution is 2.20. The number of nitrogens with one attached hydrogen (secondary N) is 1. The summed E-state index contributed by atoms with van der Waals surface area (Å²) in [5.74, 6) is -1.08. The molecule has 0 unspecified atom stereocenters. The van der Waals surface area contributed by atoms with E-state index in [0.717, 1.165) is 31.7 Å². The summed E-state index contributed by atoms with van der Waals surface area (Å²) in [5.41, 5.74) is 0.375. The predicted octanol–water partition coefficient (Wildman–Crippen LogP) is 2.51. The Morgan fingerprint density at radius 2 is 2.00 bits per heavy atom. The second-order valence-corrected chi connectivity index (χ2v) is 5.74. The van der Waals surface area contributed by atoms with Crippen LogP contribution in [0.4, 0.5) is 5.69 Å². The lowest BCUT2D eigenvalue weighted by atomic mass is 9.95. The zero-order valence-corrected chi connectivity index (χ0v) is 13.0. The molecular formula is C16H20N2O5. The number of nitro benzene ring substituents is 1. The Hall–Kier alpha value is -2.44. The maximum Gasteiger partial charge on any atom is 0.338 e. The Morgan fingerprint density at radius 3 is 2.65 bits per heavy atom. The van der Waals surface area contributed by atoms with Crippen LogP contribution < -0.4 is 5.32 Å². The van der Waals surface area contributed by atoms with Gasteiger partial charge in [0, 0.05) is 17.7 Å². The largest absolute Gasteiger partial charge is 0.452 e. The van der Waals surface area contributed by atoms with Crippen LogP contribution in [0.1, 0.15) is 48.0 Å². The number of carbonyl (C=O) groups is 2. The molecule has 1 aromatic rings. The standard InChI is InChI=1S/C16H20N2O5/c1-11-7-8-12(9-14(11)18(21)22)16(20)23-10-15(19)17-13-5-3-2-4-6-13/h7-9,13H,2-6,10H2,1H3,(H,17,19). The number of esters is 1. The van der Waals surface area contributed by atoms with Crippen molar-refractivity contribution in [2.24, 2.45) is 0 Å². The van der Waals surface area contributed by atoms with E-state index in [9.17, 15) is 19.7 Å². The summed E-state index contributed by atoms with van der Waals surface area (Å²) in [6, 6.07) is 4.24. The summed E-state index contributed by atoms with van der Waals surface area (Å²) in [6.07, 6.45) is 5.27. The van der Waals surface area contributed by atoms with Crippen LogP contribution in [0.3, 0.4) is 0 Å². The Morgan fingerprint density at radius 1 is 1.30 bits per heavy atom. The summed E-state index contributed by atoms with van der Waals surface area (Å²) in [5, 5.41) is 13.7. The van der Waals surface area contributed by atoms with Gasteiger partial charge in [0.25, 0.3) is 11.6 Å². The number of nitrogens with zero attached hydrogens (tertiary/aromatic N) is 1. The van der Waals surface area contributed by atoms with Gasteiger partial charge in [-0.1, -0.05) is 25.3 Å². The van der Waals surface area contributed by atoms with E-state index in [1.165, 1.54) is 18.6 Å². The van der Waals surface area contributed by atoms with Crippen LogP contribution in [0, 0.1) is 17.0 Å². The van der Waals surface area contributed by atoms with E-state index in [-0.39, 0.29) is 29.8 Å². The fraction of sp³-hybridized carbons (Fsp3) is 0.500. The molecule has 0 heterocycles. The Labute approximate surface area is 134 Å². The highest BCUT2D eigenvalue weighted by molar-refractivity contribution is 5.92. The summed E-state index contributed by atoms with van der Waals surface area (Å²) in [4.78, 5) is 34.0. The topological polar surface area (TPSA) is 98.5 Å².